The minimum Gasteiger partial charge on any atom is -0.340 e. The summed E-state index contributed by atoms with van der Waals surface area (Å²) in [5.41, 5.74) is 5.59. The summed E-state index contributed by atoms with van der Waals surface area (Å²) in [6.45, 7) is 3.62. The van der Waals surface area contributed by atoms with Crippen molar-refractivity contribution >= 4 is 33.7 Å². The number of nitrogens with one attached hydrogen (secondary N) is 3. The van der Waals surface area contributed by atoms with E-state index in [0.29, 0.717) is 11.1 Å². The van der Waals surface area contributed by atoms with E-state index in [-0.39, 0.29) is 11.8 Å². The van der Waals surface area contributed by atoms with Crippen LogP contribution in [0.15, 0.2) is 59.1 Å². The number of amides is 3. The highest BCUT2D eigenvalue weighted by molar-refractivity contribution is 9.10. The molecule has 1 atom stereocenters. The van der Waals surface area contributed by atoms with Gasteiger partial charge in [0.15, 0.2) is 0 Å². The van der Waals surface area contributed by atoms with Gasteiger partial charge in [0, 0.05) is 15.6 Å². The molecule has 2 rings (SSSR count). The summed E-state index contributed by atoms with van der Waals surface area (Å²) in [6.07, 6.45) is 0. The lowest BCUT2D eigenvalue weighted by atomic mass is 10.0. The lowest BCUT2D eigenvalue weighted by molar-refractivity contribution is -0.124. The summed E-state index contributed by atoms with van der Waals surface area (Å²) in [7, 11) is 0. The first-order chi connectivity index (χ1) is 12.4. The van der Waals surface area contributed by atoms with Crippen molar-refractivity contribution in [1.29, 1.82) is 0 Å². The van der Waals surface area contributed by atoms with E-state index in [9.17, 15) is 14.4 Å². The highest BCUT2D eigenvalue weighted by Gasteiger charge is 2.25. The number of carbonyl (C=O) groups is 3. The summed E-state index contributed by atoms with van der Waals surface area (Å²) in [5.74, 6) is -1.45. The first-order valence-electron chi connectivity index (χ1n) is 8.10. The number of carbonyl (C=O) groups excluding carboxylic acids is 3. The molecule has 0 radical (unpaired) electrons. The van der Waals surface area contributed by atoms with Crippen LogP contribution in [0.25, 0.3) is 0 Å². The van der Waals surface area contributed by atoms with E-state index in [2.05, 4.69) is 32.1 Å². The zero-order valence-electron chi connectivity index (χ0n) is 14.5. The monoisotopic (exact) mass is 417 g/mol. The van der Waals surface area contributed by atoms with Crippen LogP contribution in [0.3, 0.4) is 0 Å². The molecule has 136 valence electrons. The average molecular weight is 418 g/mol. The smallest absolute Gasteiger partial charge is 0.269 e. The van der Waals surface area contributed by atoms with Gasteiger partial charge in [-0.25, -0.2) is 0 Å². The second-order valence-corrected chi connectivity index (χ2v) is 6.93. The number of rotatable bonds is 5. The normalized spacial score (nSPS) is 11.5. The van der Waals surface area contributed by atoms with Crippen molar-refractivity contribution in [3.8, 4) is 0 Å². The van der Waals surface area contributed by atoms with Crippen LogP contribution in [-0.2, 0) is 4.79 Å². The Balaban J connectivity index is 1.97. The van der Waals surface area contributed by atoms with Crippen LogP contribution in [0.2, 0.25) is 0 Å². The molecule has 0 heterocycles. The molecule has 0 aromatic heterocycles. The van der Waals surface area contributed by atoms with Gasteiger partial charge in [-0.3, -0.25) is 25.2 Å². The summed E-state index contributed by atoms with van der Waals surface area (Å²) in [4.78, 5) is 36.7. The van der Waals surface area contributed by atoms with Crippen molar-refractivity contribution in [2.45, 2.75) is 19.9 Å². The molecule has 3 N–H and O–H groups in total. The van der Waals surface area contributed by atoms with Crippen molar-refractivity contribution in [3.05, 3.63) is 70.2 Å². The number of hydrazine groups is 1. The second kappa shape index (κ2) is 9.15. The number of hydrogen-bond donors (Lipinski definition) is 3. The SMILES string of the molecule is CC(C)[C@@H](NC(=O)c1ccc(Br)cc1)C(=O)NNC(=O)c1ccccc1. The van der Waals surface area contributed by atoms with Crippen molar-refractivity contribution in [3.63, 3.8) is 0 Å². The molecule has 0 fully saturated rings. The van der Waals surface area contributed by atoms with E-state index >= 15 is 0 Å². The summed E-state index contributed by atoms with van der Waals surface area (Å²) in [5, 5.41) is 2.70. The maximum atomic E-state index is 12.4. The van der Waals surface area contributed by atoms with Crippen molar-refractivity contribution < 1.29 is 14.4 Å². The van der Waals surface area contributed by atoms with Crippen molar-refractivity contribution in [1.82, 2.24) is 16.2 Å². The fourth-order valence-electron chi connectivity index (χ4n) is 2.22. The second-order valence-electron chi connectivity index (χ2n) is 6.01. The average Bonchev–Trinajstić information content (AvgIpc) is 2.64. The third kappa shape index (κ3) is 5.42. The van der Waals surface area contributed by atoms with Crippen LogP contribution >= 0.6 is 15.9 Å². The third-order valence-electron chi connectivity index (χ3n) is 3.68. The Bertz CT molecular complexity index is 776. The molecule has 0 aliphatic rings. The number of hydrogen-bond acceptors (Lipinski definition) is 3. The third-order valence-corrected chi connectivity index (χ3v) is 4.21. The summed E-state index contributed by atoms with van der Waals surface area (Å²) >= 11 is 3.31. The van der Waals surface area contributed by atoms with E-state index in [0.717, 1.165) is 4.47 Å². The maximum Gasteiger partial charge on any atom is 0.269 e. The number of benzene rings is 2. The molecule has 0 bridgehead atoms. The summed E-state index contributed by atoms with van der Waals surface area (Å²) in [6, 6.07) is 14.5. The fourth-order valence-corrected chi connectivity index (χ4v) is 2.48. The molecule has 6 nitrogen and oxygen atoms in total. The van der Waals surface area contributed by atoms with E-state index in [1.807, 2.05) is 13.8 Å². The molecular weight excluding hydrogens is 398 g/mol. The topological polar surface area (TPSA) is 87.3 Å². The van der Waals surface area contributed by atoms with Gasteiger partial charge in [0.05, 0.1) is 0 Å². The highest BCUT2D eigenvalue weighted by Crippen LogP contribution is 2.11. The Kier molecular flexibility index (Phi) is 6.91. The Morgan fingerprint density at radius 1 is 0.808 bits per heavy atom. The Hall–Kier alpha value is -2.67. The van der Waals surface area contributed by atoms with Gasteiger partial charge in [0.2, 0.25) is 0 Å². The van der Waals surface area contributed by atoms with E-state index in [4.69, 9.17) is 0 Å². The van der Waals surface area contributed by atoms with E-state index < -0.39 is 17.9 Å². The molecule has 0 aliphatic heterocycles. The minimum absolute atomic E-state index is 0.164. The van der Waals surface area contributed by atoms with Crippen molar-refractivity contribution in [2.75, 3.05) is 0 Å². The molecule has 0 saturated carbocycles. The predicted octanol–water partition coefficient (Wildman–Crippen LogP) is 2.66. The first kappa shape index (κ1) is 19.7. The molecule has 0 saturated heterocycles. The van der Waals surface area contributed by atoms with E-state index in [1.54, 1.807) is 54.6 Å². The predicted molar refractivity (Wildman–Crippen MR) is 102 cm³/mol. The largest absolute Gasteiger partial charge is 0.340 e. The molecule has 0 spiro atoms. The van der Waals surface area contributed by atoms with Gasteiger partial charge < -0.3 is 5.32 Å². The van der Waals surface area contributed by atoms with Gasteiger partial charge in [0.25, 0.3) is 17.7 Å². The van der Waals surface area contributed by atoms with Crippen LogP contribution in [0.4, 0.5) is 0 Å². The standard InChI is InChI=1S/C19H20BrN3O3/c1-12(2)16(21-17(24)14-8-10-15(20)11-9-14)19(26)23-22-18(25)13-6-4-3-5-7-13/h3-12,16H,1-2H3,(H,21,24)(H,22,25)(H,23,26)/t16-/m1/s1. The first-order valence-corrected chi connectivity index (χ1v) is 8.89. The van der Waals surface area contributed by atoms with Gasteiger partial charge in [-0.1, -0.05) is 48.0 Å². The lowest BCUT2D eigenvalue weighted by Gasteiger charge is -2.22. The molecule has 2 aromatic rings. The van der Waals surface area contributed by atoms with Crippen LogP contribution in [0, 0.1) is 5.92 Å². The number of halogens is 1. The van der Waals surface area contributed by atoms with Gasteiger partial charge in [-0.2, -0.15) is 0 Å². The minimum atomic E-state index is -0.790. The Labute approximate surface area is 160 Å². The van der Waals surface area contributed by atoms with Crippen LogP contribution in [0.5, 0.6) is 0 Å². The molecule has 0 aliphatic carbocycles. The van der Waals surface area contributed by atoms with Crippen LogP contribution < -0.4 is 16.2 Å². The molecule has 26 heavy (non-hydrogen) atoms. The van der Waals surface area contributed by atoms with E-state index in [1.165, 1.54) is 0 Å². The van der Waals surface area contributed by atoms with Gasteiger partial charge in [0.1, 0.15) is 6.04 Å². The van der Waals surface area contributed by atoms with Gasteiger partial charge in [-0.15, -0.1) is 0 Å². The van der Waals surface area contributed by atoms with Crippen LogP contribution in [0.1, 0.15) is 34.6 Å². The Morgan fingerprint density at radius 3 is 1.96 bits per heavy atom. The van der Waals surface area contributed by atoms with Crippen LogP contribution in [-0.4, -0.2) is 23.8 Å². The summed E-state index contributed by atoms with van der Waals surface area (Å²) < 4.78 is 0.857. The zero-order valence-corrected chi connectivity index (χ0v) is 16.0. The van der Waals surface area contributed by atoms with Crippen molar-refractivity contribution in [2.24, 2.45) is 5.92 Å². The molecule has 3 amide bonds. The van der Waals surface area contributed by atoms with Gasteiger partial charge in [-0.05, 0) is 42.3 Å². The highest BCUT2D eigenvalue weighted by atomic mass is 79.9. The molecule has 0 unspecified atom stereocenters. The zero-order chi connectivity index (χ0) is 19.1. The maximum absolute atomic E-state index is 12.4. The lowest BCUT2D eigenvalue weighted by Crippen LogP contribution is -2.54. The molecule has 7 heteroatoms. The fraction of sp³-hybridized carbons (Fsp3) is 0.211. The Morgan fingerprint density at radius 2 is 1.38 bits per heavy atom. The van der Waals surface area contributed by atoms with Gasteiger partial charge >= 0.3 is 0 Å². The molecule has 2 aromatic carbocycles. The molecular formula is C19H20BrN3O3. The quantitative estimate of drug-likeness (QED) is 0.653.